The lowest BCUT2D eigenvalue weighted by Gasteiger charge is -2.19. The van der Waals surface area contributed by atoms with Crippen LogP contribution >= 0.6 is 0 Å². The Labute approximate surface area is 121 Å². The number of methoxy groups -OCH3 is 1. The van der Waals surface area contributed by atoms with Gasteiger partial charge in [0.25, 0.3) is 0 Å². The number of carboxylic acid groups (broad SMARTS) is 1. The molecular weight excluding hydrogens is 260 g/mol. The van der Waals surface area contributed by atoms with Crippen LogP contribution < -0.4 is 10.6 Å². The maximum absolute atomic E-state index is 11.7. The lowest BCUT2D eigenvalue weighted by atomic mass is 10.0. The van der Waals surface area contributed by atoms with Gasteiger partial charge in [-0.15, -0.1) is 0 Å². The Bertz CT molecular complexity index is 295. The van der Waals surface area contributed by atoms with Crippen LogP contribution in [0.25, 0.3) is 0 Å². The SMILES string of the molecule is COCCCC(NC(=O)NC(C)CCC(C)C)C(=O)O. The Morgan fingerprint density at radius 1 is 1.10 bits per heavy atom. The molecule has 0 aromatic heterocycles. The molecule has 0 aliphatic rings. The lowest BCUT2D eigenvalue weighted by molar-refractivity contribution is -0.139. The minimum atomic E-state index is -1.02. The smallest absolute Gasteiger partial charge is 0.326 e. The molecule has 2 atom stereocenters. The van der Waals surface area contributed by atoms with E-state index >= 15 is 0 Å². The van der Waals surface area contributed by atoms with E-state index in [2.05, 4.69) is 24.5 Å². The van der Waals surface area contributed by atoms with Crippen LogP contribution in [-0.2, 0) is 9.53 Å². The fourth-order valence-corrected chi connectivity index (χ4v) is 1.77. The summed E-state index contributed by atoms with van der Waals surface area (Å²) in [4.78, 5) is 22.8. The van der Waals surface area contributed by atoms with Crippen molar-refractivity contribution in [1.29, 1.82) is 0 Å². The summed E-state index contributed by atoms with van der Waals surface area (Å²) >= 11 is 0. The number of carbonyl (C=O) groups excluding carboxylic acids is 1. The number of aliphatic carboxylic acids is 1. The second-order valence-electron chi connectivity index (χ2n) is 5.52. The Kier molecular flexibility index (Phi) is 9.80. The minimum Gasteiger partial charge on any atom is -0.480 e. The van der Waals surface area contributed by atoms with Gasteiger partial charge in [-0.3, -0.25) is 0 Å². The molecule has 0 bridgehead atoms. The molecule has 6 nitrogen and oxygen atoms in total. The summed E-state index contributed by atoms with van der Waals surface area (Å²) in [6.07, 6.45) is 2.86. The van der Waals surface area contributed by atoms with Crippen molar-refractivity contribution >= 4 is 12.0 Å². The van der Waals surface area contributed by atoms with Crippen LogP contribution in [0.5, 0.6) is 0 Å². The third kappa shape index (κ3) is 9.61. The van der Waals surface area contributed by atoms with Gasteiger partial charge in [-0.25, -0.2) is 9.59 Å². The van der Waals surface area contributed by atoms with E-state index in [0.717, 1.165) is 12.8 Å². The summed E-state index contributed by atoms with van der Waals surface area (Å²) in [6, 6.07) is -1.26. The summed E-state index contributed by atoms with van der Waals surface area (Å²) in [5, 5.41) is 14.3. The first kappa shape index (κ1) is 18.7. The summed E-state index contributed by atoms with van der Waals surface area (Å²) in [6.45, 7) is 6.66. The van der Waals surface area contributed by atoms with Crippen molar-refractivity contribution in [2.45, 2.75) is 58.5 Å². The van der Waals surface area contributed by atoms with Gasteiger partial charge in [0.1, 0.15) is 6.04 Å². The number of carboxylic acids is 1. The van der Waals surface area contributed by atoms with E-state index in [9.17, 15) is 9.59 Å². The van der Waals surface area contributed by atoms with E-state index in [1.165, 1.54) is 0 Å². The number of ether oxygens (including phenoxy) is 1. The van der Waals surface area contributed by atoms with Crippen molar-refractivity contribution in [2.75, 3.05) is 13.7 Å². The molecule has 0 saturated carbocycles. The maximum atomic E-state index is 11.7. The van der Waals surface area contributed by atoms with E-state index in [1.54, 1.807) is 7.11 Å². The lowest BCUT2D eigenvalue weighted by Crippen LogP contribution is -2.48. The summed E-state index contributed by atoms with van der Waals surface area (Å²) in [7, 11) is 1.56. The molecule has 0 rings (SSSR count). The van der Waals surface area contributed by atoms with Crippen LogP contribution in [0.1, 0.15) is 46.5 Å². The Hall–Kier alpha value is -1.30. The highest BCUT2D eigenvalue weighted by molar-refractivity contribution is 5.82. The Morgan fingerprint density at radius 3 is 2.25 bits per heavy atom. The van der Waals surface area contributed by atoms with E-state index in [1.807, 2.05) is 6.92 Å². The summed E-state index contributed by atoms with van der Waals surface area (Å²) < 4.78 is 4.87. The standard InChI is InChI=1S/C14H28N2O4/c1-10(2)7-8-11(3)15-14(19)16-12(13(17)18)6-5-9-20-4/h10-12H,5-9H2,1-4H3,(H,17,18)(H2,15,16,19). The first-order chi connectivity index (χ1) is 9.36. The largest absolute Gasteiger partial charge is 0.480 e. The molecule has 0 aromatic carbocycles. The summed E-state index contributed by atoms with van der Waals surface area (Å²) in [5.41, 5.74) is 0. The highest BCUT2D eigenvalue weighted by atomic mass is 16.5. The molecule has 0 aliphatic carbocycles. The molecule has 0 radical (unpaired) electrons. The molecule has 0 heterocycles. The second-order valence-corrected chi connectivity index (χ2v) is 5.52. The number of hydrogen-bond acceptors (Lipinski definition) is 3. The van der Waals surface area contributed by atoms with Crippen LogP contribution in [0.2, 0.25) is 0 Å². The normalized spacial score (nSPS) is 13.8. The van der Waals surface area contributed by atoms with Crippen LogP contribution in [0, 0.1) is 5.92 Å². The number of nitrogens with one attached hydrogen (secondary N) is 2. The van der Waals surface area contributed by atoms with Gasteiger partial charge in [-0.05, 0) is 38.5 Å². The number of carbonyl (C=O) groups is 2. The van der Waals surface area contributed by atoms with Crippen molar-refractivity contribution in [3.63, 3.8) is 0 Å². The number of amides is 2. The highest BCUT2D eigenvalue weighted by Crippen LogP contribution is 2.06. The Morgan fingerprint density at radius 2 is 1.75 bits per heavy atom. The van der Waals surface area contributed by atoms with Crippen molar-refractivity contribution < 1.29 is 19.4 Å². The van der Waals surface area contributed by atoms with Gasteiger partial charge in [-0.1, -0.05) is 13.8 Å². The van der Waals surface area contributed by atoms with Gasteiger partial charge in [0.2, 0.25) is 0 Å². The van der Waals surface area contributed by atoms with Gasteiger partial charge in [0.05, 0.1) is 0 Å². The first-order valence-corrected chi connectivity index (χ1v) is 7.15. The van der Waals surface area contributed by atoms with E-state index in [0.29, 0.717) is 25.4 Å². The van der Waals surface area contributed by atoms with Crippen LogP contribution in [0.15, 0.2) is 0 Å². The monoisotopic (exact) mass is 288 g/mol. The fourth-order valence-electron chi connectivity index (χ4n) is 1.77. The molecule has 0 fully saturated rings. The van der Waals surface area contributed by atoms with Crippen molar-refractivity contribution in [3.05, 3.63) is 0 Å². The number of hydrogen-bond donors (Lipinski definition) is 3. The average Bonchev–Trinajstić information content (AvgIpc) is 2.35. The predicted octanol–water partition coefficient (Wildman–Crippen LogP) is 1.99. The molecule has 2 amide bonds. The topological polar surface area (TPSA) is 87.7 Å². The van der Waals surface area contributed by atoms with Crippen LogP contribution in [-0.4, -0.2) is 42.9 Å². The second kappa shape index (κ2) is 10.5. The molecule has 118 valence electrons. The quantitative estimate of drug-likeness (QED) is 0.536. The molecule has 0 spiro atoms. The Balaban J connectivity index is 4.08. The van der Waals surface area contributed by atoms with Gasteiger partial charge >= 0.3 is 12.0 Å². The molecule has 0 aromatic rings. The maximum Gasteiger partial charge on any atom is 0.326 e. The van der Waals surface area contributed by atoms with Gasteiger partial charge in [-0.2, -0.15) is 0 Å². The third-order valence-corrected chi connectivity index (χ3v) is 3.00. The van der Waals surface area contributed by atoms with Crippen molar-refractivity contribution in [1.82, 2.24) is 10.6 Å². The molecule has 0 saturated heterocycles. The zero-order valence-electron chi connectivity index (χ0n) is 12.9. The molecule has 6 heteroatoms. The molecule has 3 N–H and O–H groups in total. The first-order valence-electron chi connectivity index (χ1n) is 7.15. The fraction of sp³-hybridized carbons (Fsp3) is 0.857. The van der Waals surface area contributed by atoms with E-state index < -0.39 is 18.0 Å². The van der Waals surface area contributed by atoms with Gasteiger partial charge in [0.15, 0.2) is 0 Å². The third-order valence-electron chi connectivity index (χ3n) is 3.00. The van der Waals surface area contributed by atoms with E-state index in [4.69, 9.17) is 9.84 Å². The van der Waals surface area contributed by atoms with Crippen LogP contribution in [0.3, 0.4) is 0 Å². The zero-order chi connectivity index (χ0) is 15.5. The average molecular weight is 288 g/mol. The zero-order valence-corrected chi connectivity index (χ0v) is 12.9. The predicted molar refractivity (Wildman–Crippen MR) is 77.7 cm³/mol. The molecule has 20 heavy (non-hydrogen) atoms. The van der Waals surface area contributed by atoms with Crippen molar-refractivity contribution in [3.8, 4) is 0 Å². The molecule has 2 unspecified atom stereocenters. The van der Waals surface area contributed by atoms with Gasteiger partial charge in [0, 0.05) is 19.8 Å². The highest BCUT2D eigenvalue weighted by Gasteiger charge is 2.20. The van der Waals surface area contributed by atoms with Crippen molar-refractivity contribution in [2.24, 2.45) is 5.92 Å². The molecule has 0 aliphatic heterocycles. The number of rotatable bonds is 10. The minimum absolute atomic E-state index is 0.0332. The summed E-state index contributed by atoms with van der Waals surface area (Å²) in [5.74, 6) is -0.436. The molecular formula is C14H28N2O4. The van der Waals surface area contributed by atoms with Gasteiger partial charge < -0.3 is 20.5 Å². The number of urea groups is 1. The van der Waals surface area contributed by atoms with E-state index in [-0.39, 0.29) is 6.04 Å². The van der Waals surface area contributed by atoms with Crippen LogP contribution in [0.4, 0.5) is 4.79 Å².